The zero-order chi connectivity index (χ0) is 11.0. The van der Waals surface area contributed by atoms with Gasteiger partial charge in [-0.15, -0.1) is 5.10 Å². The first-order valence-corrected chi connectivity index (χ1v) is 4.65. The van der Waals surface area contributed by atoms with Crippen LogP contribution in [0, 0.1) is 0 Å². The minimum atomic E-state index is -0.450. The maximum atomic E-state index is 11.7. The van der Waals surface area contributed by atoms with Crippen LogP contribution in [0.1, 0.15) is 0 Å². The first-order valence-electron chi connectivity index (χ1n) is 4.65. The Morgan fingerprint density at radius 2 is 2.06 bits per heavy atom. The Morgan fingerprint density at radius 1 is 1.19 bits per heavy atom. The summed E-state index contributed by atoms with van der Waals surface area (Å²) >= 11 is 0. The summed E-state index contributed by atoms with van der Waals surface area (Å²) in [5.41, 5.74) is 0.821. The van der Waals surface area contributed by atoms with Crippen molar-refractivity contribution in [2.24, 2.45) is 0 Å². The first kappa shape index (κ1) is 8.84. The van der Waals surface area contributed by atoms with Gasteiger partial charge in [0, 0.05) is 10.7 Å². The molecule has 0 fully saturated rings. The standard InChI is InChI=1S/C11H6N2O3/c14-11-8(9-6-15-13-12-9)5-7-3-1-2-4-10(7)16-11/h1-6H. The van der Waals surface area contributed by atoms with Crippen molar-refractivity contribution in [3.63, 3.8) is 0 Å². The minimum Gasteiger partial charge on any atom is -0.422 e. The minimum absolute atomic E-state index is 0.347. The third-order valence-corrected chi connectivity index (χ3v) is 2.28. The van der Waals surface area contributed by atoms with Crippen LogP contribution in [0.2, 0.25) is 0 Å². The third kappa shape index (κ3) is 1.30. The number of hydrogen-bond acceptors (Lipinski definition) is 5. The maximum Gasteiger partial charge on any atom is 0.345 e. The van der Waals surface area contributed by atoms with E-state index in [9.17, 15) is 4.79 Å². The van der Waals surface area contributed by atoms with E-state index in [4.69, 9.17) is 4.42 Å². The van der Waals surface area contributed by atoms with E-state index in [1.54, 1.807) is 12.1 Å². The Balaban J connectivity index is 2.34. The lowest BCUT2D eigenvalue weighted by molar-refractivity contribution is 0.393. The van der Waals surface area contributed by atoms with E-state index in [0.29, 0.717) is 16.8 Å². The molecule has 0 atom stereocenters. The van der Waals surface area contributed by atoms with Crippen molar-refractivity contribution in [3.05, 3.63) is 47.0 Å². The van der Waals surface area contributed by atoms with Crippen LogP contribution >= 0.6 is 0 Å². The van der Waals surface area contributed by atoms with Crippen molar-refractivity contribution in [2.45, 2.75) is 0 Å². The molecule has 0 N–H and O–H groups in total. The first-order chi connectivity index (χ1) is 7.84. The topological polar surface area (TPSA) is 69.1 Å². The highest BCUT2D eigenvalue weighted by Gasteiger charge is 2.10. The van der Waals surface area contributed by atoms with Gasteiger partial charge in [-0.1, -0.05) is 18.2 Å². The lowest BCUT2D eigenvalue weighted by Crippen LogP contribution is -2.02. The second kappa shape index (κ2) is 3.30. The molecule has 0 aliphatic heterocycles. The molecule has 5 nitrogen and oxygen atoms in total. The lowest BCUT2D eigenvalue weighted by Gasteiger charge is -1.97. The number of fused-ring (bicyclic) bond motifs is 1. The molecular formula is C11H6N2O3. The van der Waals surface area contributed by atoms with Crippen molar-refractivity contribution in [1.29, 1.82) is 0 Å². The van der Waals surface area contributed by atoms with Crippen LogP contribution in [-0.4, -0.2) is 10.4 Å². The average Bonchev–Trinajstić information content (AvgIpc) is 2.81. The maximum absolute atomic E-state index is 11.7. The highest BCUT2D eigenvalue weighted by molar-refractivity contribution is 5.80. The molecule has 0 bridgehead atoms. The summed E-state index contributed by atoms with van der Waals surface area (Å²) in [6, 6.07) is 8.98. The SMILES string of the molecule is O=c1oc2ccccc2cc1-c1conn1. The van der Waals surface area contributed by atoms with Gasteiger partial charge in [0.15, 0.2) is 6.26 Å². The van der Waals surface area contributed by atoms with Gasteiger partial charge >= 0.3 is 5.63 Å². The molecule has 0 radical (unpaired) electrons. The van der Waals surface area contributed by atoms with Crippen molar-refractivity contribution < 1.29 is 8.94 Å². The Bertz CT molecular complexity index is 686. The Kier molecular flexibility index (Phi) is 1.83. The van der Waals surface area contributed by atoms with E-state index in [-0.39, 0.29) is 0 Å². The van der Waals surface area contributed by atoms with Crippen LogP contribution in [0.4, 0.5) is 0 Å². The fraction of sp³-hybridized carbons (Fsp3) is 0. The van der Waals surface area contributed by atoms with Gasteiger partial charge in [-0.25, -0.2) is 4.79 Å². The third-order valence-electron chi connectivity index (χ3n) is 2.28. The summed E-state index contributed by atoms with van der Waals surface area (Å²) < 4.78 is 9.75. The lowest BCUT2D eigenvalue weighted by atomic mass is 10.1. The van der Waals surface area contributed by atoms with E-state index in [1.807, 2.05) is 18.2 Å². The number of benzene rings is 1. The Morgan fingerprint density at radius 3 is 2.88 bits per heavy atom. The van der Waals surface area contributed by atoms with Crippen molar-refractivity contribution >= 4 is 11.0 Å². The Labute approximate surface area is 89.3 Å². The van der Waals surface area contributed by atoms with Crippen LogP contribution in [0.15, 0.2) is 50.3 Å². The van der Waals surface area contributed by atoms with Gasteiger partial charge in [0.1, 0.15) is 11.3 Å². The largest absolute Gasteiger partial charge is 0.422 e. The van der Waals surface area contributed by atoms with Gasteiger partial charge in [0.25, 0.3) is 0 Å². The van der Waals surface area contributed by atoms with Gasteiger partial charge < -0.3 is 8.94 Å². The molecular weight excluding hydrogens is 208 g/mol. The number of rotatable bonds is 1. The van der Waals surface area contributed by atoms with E-state index in [2.05, 4.69) is 14.9 Å². The smallest absolute Gasteiger partial charge is 0.345 e. The molecule has 0 aliphatic rings. The van der Waals surface area contributed by atoms with Crippen LogP contribution in [-0.2, 0) is 0 Å². The summed E-state index contributed by atoms with van der Waals surface area (Å²) in [5, 5.41) is 7.83. The molecule has 0 spiro atoms. The molecule has 1 aromatic carbocycles. The summed E-state index contributed by atoms with van der Waals surface area (Å²) in [6.45, 7) is 0. The molecule has 0 amide bonds. The molecule has 78 valence electrons. The summed E-state index contributed by atoms with van der Waals surface area (Å²) in [5.74, 6) is 0. The normalized spacial score (nSPS) is 10.8. The molecule has 0 saturated heterocycles. The summed E-state index contributed by atoms with van der Waals surface area (Å²) in [4.78, 5) is 11.7. The quantitative estimate of drug-likeness (QED) is 0.578. The van der Waals surface area contributed by atoms with Crippen LogP contribution in [0.3, 0.4) is 0 Å². The molecule has 5 heteroatoms. The van der Waals surface area contributed by atoms with Gasteiger partial charge in [-0.05, 0) is 12.1 Å². The highest BCUT2D eigenvalue weighted by Crippen LogP contribution is 2.18. The average molecular weight is 214 g/mol. The molecule has 3 aromatic rings. The second-order valence-corrected chi connectivity index (χ2v) is 3.28. The molecule has 16 heavy (non-hydrogen) atoms. The monoisotopic (exact) mass is 214 g/mol. The second-order valence-electron chi connectivity index (χ2n) is 3.28. The number of para-hydroxylation sites is 1. The molecule has 0 aliphatic carbocycles. The number of aromatic nitrogens is 2. The zero-order valence-corrected chi connectivity index (χ0v) is 8.08. The van der Waals surface area contributed by atoms with Gasteiger partial charge in [-0.3, -0.25) is 0 Å². The summed E-state index contributed by atoms with van der Waals surface area (Å²) in [7, 11) is 0. The predicted molar refractivity (Wildman–Crippen MR) is 55.8 cm³/mol. The van der Waals surface area contributed by atoms with Crippen molar-refractivity contribution in [2.75, 3.05) is 0 Å². The van der Waals surface area contributed by atoms with E-state index in [1.165, 1.54) is 6.26 Å². The van der Waals surface area contributed by atoms with E-state index < -0.39 is 5.63 Å². The molecule has 3 rings (SSSR count). The van der Waals surface area contributed by atoms with Crippen LogP contribution in [0.25, 0.3) is 22.2 Å². The van der Waals surface area contributed by atoms with Crippen LogP contribution in [0.5, 0.6) is 0 Å². The van der Waals surface area contributed by atoms with E-state index in [0.717, 1.165) is 5.39 Å². The van der Waals surface area contributed by atoms with E-state index >= 15 is 0 Å². The van der Waals surface area contributed by atoms with Crippen molar-refractivity contribution in [3.8, 4) is 11.3 Å². The fourth-order valence-corrected chi connectivity index (χ4v) is 1.52. The molecule has 0 saturated carbocycles. The number of hydrogen-bond donors (Lipinski definition) is 0. The number of nitrogens with zero attached hydrogens (tertiary/aromatic N) is 2. The van der Waals surface area contributed by atoms with Gasteiger partial charge in [-0.2, -0.15) is 0 Å². The van der Waals surface area contributed by atoms with Crippen molar-refractivity contribution in [1.82, 2.24) is 10.4 Å². The van der Waals surface area contributed by atoms with Crippen LogP contribution < -0.4 is 5.63 Å². The molecule has 2 heterocycles. The highest BCUT2D eigenvalue weighted by atomic mass is 16.5. The zero-order valence-electron chi connectivity index (χ0n) is 8.08. The predicted octanol–water partition coefficient (Wildman–Crippen LogP) is 1.84. The van der Waals surface area contributed by atoms with Gasteiger partial charge in [0.2, 0.25) is 0 Å². The molecule has 2 aromatic heterocycles. The summed E-state index contributed by atoms with van der Waals surface area (Å²) in [6.07, 6.45) is 1.31. The molecule has 0 unspecified atom stereocenters. The Hall–Kier alpha value is -2.43. The fourth-order valence-electron chi connectivity index (χ4n) is 1.52. The van der Waals surface area contributed by atoms with Gasteiger partial charge in [0.05, 0.1) is 5.56 Å².